The maximum atomic E-state index is 11.7. The molecule has 84 valence electrons. The van der Waals surface area contributed by atoms with E-state index in [1.165, 1.54) is 0 Å². The van der Waals surface area contributed by atoms with Gasteiger partial charge in [-0.15, -0.1) is 0 Å². The lowest BCUT2D eigenvalue weighted by Gasteiger charge is -2.38. The van der Waals surface area contributed by atoms with Gasteiger partial charge in [-0.3, -0.25) is 15.7 Å². The highest BCUT2D eigenvalue weighted by atomic mass is 32.2. The number of carbonyl (C=O) groups excluding carboxylic acids is 1. The van der Waals surface area contributed by atoms with Crippen molar-refractivity contribution in [2.45, 2.75) is 5.92 Å². The Bertz CT molecular complexity index is 330. The van der Waals surface area contributed by atoms with Crippen LogP contribution < -0.4 is 0 Å². The molecule has 1 N–H and O–H groups in total. The first-order chi connectivity index (χ1) is 7.16. The Hall–Kier alpha value is -0.970. The summed E-state index contributed by atoms with van der Waals surface area (Å²) in [4.78, 5) is 20.9. The Morgan fingerprint density at radius 1 is 1.67 bits per heavy atom. The predicted molar refractivity (Wildman–Crippen MR) is 63.6 cm³/mol. The van der Waals surface area contributed by atoms with Gasteiger partial charge in [0.25, 0.3) is 0 Å². The second kappa shape index (κ2) is 4.26. The Labute approximate surface area is 92.4 Å². The number of nitrogens with one attached hydrogen (secondary N) is 1. The summed E-state index contributed by atoms with van der Waals surface area (Å²) in [6.07, 6.45) is 7.86. The summed E-state index contributed by atoms with van der Waals surface area (Å²) >= 11 is 0. The molecule has 1 aromatic rings. The highest BCUT2D eigenvalue weighted by Crippen LogP contribution is 2.25. The molecule has 0 radical (unpaired) electrons. The molecule has 0 saturated carbocycles. The molecule has 1 saturated heterocycles. The van der Waals surface area contributed by atoms with E-state index in [-0.39, 0.29) is 10.9 Å². The van der Waals surface area contributed by atoms with E-state index in [0.29, 0.717) is 11.8 Å². The molecule has 5 heteroatoms. The van der Waals surface area contributed by atoms with Gasteiger partial charge in [-0.25, -0.2) is 4.98 Å². The molecule has 0 aliphatic carbocycles. The van der Waals surface area contributed by atoms with Crippen molar-refractivity contribution in [1.82, 2.24) is 14.9 Å². The average Bonchev–Trinajstić information content (AvgIpc) is 2.52. The minimum absolute atomic E-state index is 0.118. The van der Waals surface area contributed by atoms with Crippen LogP contribution >= 0.6 is 10.9 Å². The van der Waals surface area contributed by atoms with Crippen molar-refractivity contribution in [3.05, 3.63) is 18.2 Å². The van der Waals surface area contributed by atoms with Crippen LogP contribution in [0.1, 0.15) is 11.7 Å². The van der Waals surface area contributed by atoms with E-state index in [0.717, 1.165) is 24.7 Å². The van der Waals surface area contributed by atoms with E-state index in [4.69, 9.17) is 0 Å². The number of imidazole rings is 1. The number of rotatable bonds is 3. The number of aromatic nitrogens is 2. The lowest BCUT2D eigenvalue weighted by molar-refractivity contribution is -0.132. The number of nitrogens with zero attached hydrogens (tertiary/aromatic N) is 2. The Morgan fingerprint density at radius 3 is 2.93 bits per heavy atom. The molecule has 1 aliphatic rings. The number of hydrogen-bond acceptors (Lipinski definition) is 2. The first-order valence-electron chi connectivity index (χ1n) is 5.08. The lowest BCUT2D eigenvalue weighted by Crippen LogP contribution is -2.49. The fraction of sp³-hybridized carbons (Fsp3) is 0.600. The molecule has 1 aromatic heterocycles. The second-order valence-corrected chi connectivity index (χ2v) is 6.68. The first-order valence-corrected chi connectivity index (χ1v) is 7.50. The van der Waals surface area contributed by atoms with E-state index in [9.17, 15) is 4.79 Å². The maximum absolute atomic E-state index is 11.7. The van der Waals surface area contributed by atoms with Crippen LogP contribution in [0.25, 0.3) is 0 Å². The predicted octanol–water partition coefficient (Wildman–Crippen LogP) is 0.596. The van der Waals surface area contributed by atoms with Crippen molar-refractivity contribution >= 4 is 16.8 Å². The van der Waals surface area contributed by atoms with Crippen molar-refractivity contribution in [2.24, 2.45) is 0 Å². The third kappa shape index (κ3) is 2.34. The van der Waals surface area contributed by atoms with E-state index in [1.54, 1.807) is 6.20 Å². The van der Waals surface area contributed by atoms with Crippen LogP contribution in [0.4, 0.5) is 0 Å². The molecule has 0 unspecified atom stereocenters. The van der Waals surface area contributed by atoms with Gasteiger partial charge < -0.3 is 9.88 Å². The second-order valence-electron chi connectivity index (χ2n) is 4.21. The molecular formula is C10H17N3OS. The molecule has 1 fully saturated rings. The normalized spacial score (nSPS) is 17.5. The fourth-order valence-corrected chi connectivity index (χ4v) is 2.47. The third-order valence-corrected chi connectivity index (χ3v) is 3.49. The molecule has 15 heavy (non-hydrogen) atoms. The van der Waals surface area contributed by atoms with E-state index < -0.39 is 0 Å². The van der Waals surface area contributed by atoms with Crippen LogP contribution in [0.2, 0.25) is 0 Å². The summed E-state index contributed by atoms with van der Waals surface area (Å²) < 4.78 is 0. The zero-order chi connectivity index (χ0) is 10.8. The monoisotopic (exact) mass is 227 g/mol. The molecular weight excluding hydrogens is 210 g/mol. The van der Waals surface area contributed by atoms with Gasteiger partial charge in [0.05, 0.1) is 11.7 Å². The van der Waals surface area contributed by atoms with Crippen molar-refractivity contribution < 1.29 is 4.79 Å². The van der Waals surface area contributed by atoms with Gasteiger partial charge >= 0.3 is 0 Å². The molecule has 0 spiro atoms. The molecule has 0 aromatic carbocycles. The van der Waals surface area contributed by atoms with Crippen LogP contribution in [-0.4, -0.2) is 52.1 Å². The van der Waals surface area contributed by atoms with Gasteiger partial charge in [0.2, 0.25) is 5.91 Å². The van der Waals surface area contributed by atoms with E-state index >= 15 is 0 Å². The zero-order valence-corrected chi connectivity index (χ0v) is 10.00. The Balaban J connectivity index is 1.81. The van der Waals surface area contributed by atoms with Crippen LogP contribution in [0.3, 0.4) is 0 Å². The summed E-state index contributed by atoms with van der Waals surface area (Å²) in [6.45, 7) is 1.66. The SMILES string of the molecule is C[SH](C)CC(=O)N1CC(c2ncc[nH]2)C1. The van der Waals surface area contributed by atoms with Crippen LogP contribution in [0.5, 0.6) is 0 Å². The summed E-state index contributed by atoms with van der Waals surface area (Å²) in [5.74, 6) is 2.45. The number of amides is 1. The molecule has 2 heterocycles. The minimum atomic E-state index is -0.118. The van der Waals surface area contributed by atoms with Crippen molar-refractivity contribution in [3.63, 3.8) is 0 Å². The van der Waals surface area contributed by atoms with Gasteiger partial charge in [0.1, 0.15) is 5.82 Å². The van der Waals surface area contributed by atoms with Crippen LogP contribution in [-0.2, 0) is 4.79 Å². The van der Waals surface area contributed by atoms with Crippen LogP contribution in [0, 0.1) is 0 Å². The van der Waals surface area contributed by atoms with Gasteiger partial charge in [-0.05, 0) is 12.5 Å². The molecule has 0 atom stereocenters. The fourth-order valence-electron chi connectivity index (χ4n) is 1.73. The number of likely N-dealkylation sites (tertiary alicyclic amines) is 1. The zero-order valence-electron chi connectivity index (χ0n) is 9.10. The summed E-state index contributed by atoms with van der Waals surface area (Å²) in [5.41, 5.74) is 0. The van der Waals surface area contributed by atoms with Gasteiger partial charge in [0, 0.05) is 25.5 Å². The van der Waals surface area contributed by atoms with Crippen molar-refractivity contribution in [1.29, 1.82) is 0 Å². The number of H-pyrrole nitrogens is 1. The minimum Gasteiger partial charge on any atom is -0.348 e. The third-order valence-electron chi connectivity index (χ3n) is 2.59. The van der Waals surface area contributed by atoms with Crippen molar-refractivity contribution in [2.75, 3.05) is 31.4 Å². The largest absolute Gasteiger partial charge is 0.348 e. The summed E-state index contributed by atoms with van der Waals surface area (Å²) in [5, 5.41) is 0. The van der Waals surface area contributed by atoms with Crippen molar-refractivity contribution in [3.8, 4) is 0 Å². The standard InChI is InChI=1S/C10H17N3OS/c1-15(2)7-9(14)13-5-8(6-13)10-11-3-4-12-10/h3-4,8,15H,5-7H2,1-2H3,(H,11,12). The number of aromatic amines is 1. The van der Waals surface area contributed by atoms with Gasteiger partial charge in [-0.1, -0.05) is 0 Å². The number of carbonyl (C=O) groups is 1. The smallest absolute Gasteiger partial charge is 0.230 e. The Morgan fingerprint density at radius 2 is 2.40 bits per heavy atom. The molecule has 1 aliphatic heterocycles. The van der Waals surface area contributed by atoms with Crippen LogP contribution in [0.15, 0.2) is 12.4 Å². The highest BCUT2D eigenvalue weighted by molar-refractivity contribution is 8.16. The van der Waals surface area contributed by atoms with E-state index in [1.807, 2.05) is 11.1 Å². The topological polar surface area (TPSA) is 49.0 Å². The summed E-state index contributed by atoms with van der Waals surface area (Å²) in [7, 11) is -0.118. The molecule has 4 nitrogen and oxygen atoms in total. The number of thiol groups is 1. The van der Waals surface area contributed by atoms with Gasteiger partial charge in [0.15, 0.2) is 0 Å². The average molecular weight is 227 g/mol. The quantitative estimate of drug-likeness (QED) is 0.743. The summed E-state index contributed by atoms with van der Waals surface area (Å²) in [6, 6.07) is 0. The lowest BCUT2D eigenvalue weighted by atomic mass is 10.00. The van der Waals surface area contributed by atoms with E-state index in [2.05, 4.69) is 22.5 Å². The first kappa shape index (κ1) is 10.5. The Kier molecular flexibility index (Phi) is 3.00. The molecule has 2 rings (SSSR count). The maximum Gasteiger partial charge on any atom is 0.230 e. The van der Waals surface area contributed by atoms with Gasteiger partial charge in [-0.2, -0.15) is 0 Å². The highest BCUT2D eigenvalue weighted by Gasteiger charge is 2.32. The molecule has 0 bridgehead atoms. The number of hydrogen-bond donors (Lipinski definition) is 2. The molecule has 1 amide bonds.